The maximum atomic E-state index is 12.0. The standard InChI is InChI=1S/C10H9ClN4O2S/c1-17-7-4-5(11)2-3-6(7)8(16)13-10-15-14-9(12)18-10/h2-4H,1H3,(H2,12,14)(H,13,15,16). The Kier molecular flexibility index (Phi) is 3.63. The summed E-state index contributed by atoms with van der Waals surface area (Å²) in [7, 11) is 1.46. The number of benzene rings is 1. The number of nitrogens with zero attached hydrogens (tertiary/aromatic N) is 2. The van der Waals surface area contributed by atoms with E-state index in [4.69, 9.17) is 22.1 Å². The predicted molar refractivity (Wildman–Crippen MR) is 70.3 cm³/mol. The lowest BCUT2D eigenvalue weighted by molar-refractivity contribution is 0.102. The highest BCUT2D eigenvalue weighted by Crippen LogP contribution is 2.25. The smallest absolute Gasteiger partial charge is 0.261 e. The Morgan fingerprint density at radius 2 is 2.28 bits per heavy atom. The van der Waals surface area contributed by atoms with E-state index in [0.717, 1.165) is 11.3 Å². The van der Waals surface area contributed by atoms with Crippen molar-refractivity contribution in [2.45, 2.75) is 0 Å². The van der Waals surface area contributed by atoms with Crippen molar-refractivity contribution >= 4 is 39.1 Å². The van der Waals surface area contributed by atoms with E-state index in [2.05, 4.69) is 15.5 Å². The highest BCUT2D eigenvalue weighted by Gasteiger charge is 2.14. The molecular weight excluding hydrogens is 276 g/mol. The lowest BCUT2D eigenvalue weighted by atomic mass is 10.2. The van der Waals surface area contributed by atoms with Gasteiger partial charge in [-0.15, -0.1) is 10.2 Å². The number of nitrogens with one attached hydrogen (secondary N) is 1. The highest BCUT2D eigenvalue weighted by molar-refractivity contribution is 7.19. The molecular formula is C10H9ClN4O2S. The minimum Gasteiger partial charge on any atom is -0.496 e. The first kappa shape index (κ1) is 12.6. The van der Waals surface area contributed by atoms with E-state index < -0.39 is 0 Å². The van der Waals surface area contributed by atoms with Crippen molar-refractivity contribution in [1.82, 2.24) is 10.2 Å². The lowest BCUT2D eigenvalue weighted by Gasteiger charge is -2.07. The Bertz CT molecular complexity index is 587. The number of ether oxygens (including phenoxy) is 1. The van der Waals surface area contributed by atoms with Crippen LogP contribution in [0.3, 0.4) is 0 Å². The second-order valence-corrected chi connectivity index (χ2v) is 4.69. The Morgan fingerprint density at radius 3 is 2.89 bits per heavy atom. The predicted octanol–water partition coefficient (Wildman–Crippen LogP) is 2.03. The molecule has 0 radical (unpaired) electrons. The molecule has 0 saturated heterocycles. The lowest BCUT2D eigenvalue weighted by Crippen LogP contribution is -2.13. The molecule has 2 aromatic rings. The van der Waals surface area contributed by atoms with Gasteiger partial charge < -0.3 is 10.5 Å². The zero-order valence-electron chi connectivity index (χ0n) is 9.31. The number of anilines is 2. The number of aromatic nitrogens is 2. The van der Waals surface area contributed by atoms with Crippen LogP contribution in [-0.2, 0) is 0 Å². The van der Waals surface area contributed by atoms with Crippen LogP contribution in [0.15, 0.2) is 18.2 Å². The summed E-state index contributed by atoms with van der Waals surface area (Å²) in [6.45, 7) is 0. The maximum Gasteiger partial charge on any atom is 0.261 e. The maximum absolute atomic E-state index is 12.0. The molecule has 0 saturated carbocycles. The second-order valence-electron chi connectivity index (χ2n) is 3.24. The van der Waals surface area contributed by atoms with Crippen LogP contribution < -0.4 is 15.8 Å². The average molecular weight is 285 g/mol. The molecule has 1 aromatic heterocycles. The van der Waals surface area contributed by atoms with E-state index in [1.807, 2.05) is 0 Å². The van der Waals surface area contributed by atoms with E-state index >= 15 is 0 Å². The molecule has 1 aromatic carbocycles. The second kappa shape index (κ2) is 5.19. The van der Waals surface area contributed by atoms with Crippen LogP contribution in [0.4, 0.5) is 10.3 Å². The molecule has 3 N–H and O–H groups in total. The number of rotatable bonds is 3. The molecule has 0 unspecified atom stereocenters. The molecule has 0 fully saturated rings. The number of nitrogens with two attached hydrogens (primary N) is 1. The molecule has 94 valence electrons. The summed E-state index contributed by atoms with van der Waals surface area (Å²) in [4.78, 5) is 12.0. The van der Waals surface area contributed by atoms with Crippen LogP contribution in [-0.4, -0.2) is 23.2 Å². The quantitative estimate of drug-likeness (QED) is 0.900. The molecule has 0 aliphatic carbocycles. The number of nitrogen functional groups attached to an aromatic ring is 1. The van der Waals surface area contributed by atoms with E-state index in [1.165, 1.54) is 7.11 Å². The fourth-order valence-corrected chi connectivity index (χ4v) is 1.97. The van der Waals surface area contributed by atoms with Crippen LogP contribution in [0.5, 0.6) is 5.75 Å². The summed E-state index contributed by atoms with van der Waals surface area (Å²) in [5.74, 6) is 0.0251. The Morgan fingerprint density at radius 1 is 1.50 bits per heavy atom. The van der Waals surface area contributed by atoms with Gasteiger partial charge in [-0.2, -0.15) is 0 Å². The SMILES string of the molecule is COc1cc(Cl)ccc1C(=O)Nc1nnc(N)s1. The van der Waals surface area contributed by atoms with Crippen molar-refractivity contribution in [2.24, 2.45) is 0 Å². The molecule has 6 nitrogen and oxygen atoms in total. The van der Waals surface area contributed by atoms with E-state index in [9.17, 15) is 4.79 Å². The third-order valence-corrected chi connectivity index (χ3v) is 2.97. The van der Waals surface area contributed by atoms with E-state index in [1.54, 1.807) is 18.2 Å². The normalized spacial score (nSPS) is 10.1. The van der Waals surface area contributed by atoms with Gasteiger partial charge in [0, 0.05) is 5.02 Å². The van der Waals surface area contributed by atoms with Gasteiger partial charge in [-0.05, 0) is 18.2 Å². The summed E-state index contributed by atoms with van der Waals surface area (Å²) in [5, 5.41) is 11.0. The summed E-state index contributed by atoms with van der Waals surface area (Å²) >= 11 is 6.90. The van der Waals surface area contributed by atoms with Gasteiger partial charge in [0.1, 0.15) is 5.75 Å². The molecule has 18 heavy (non-hydrogen) atoms. The van der Waals surface area contributed by atoms with Gasteiger partial charge in [0.25, 0.3) is 5.91 Å². The summed E-state index contributed by atoms with van der Waals surface area (Å²) in [6.07, 6.45) is 0. The largest absolute Gasteiger partial charge is 0.496 e. The monoisotopic (exact) mass is 284 g/mol. The molecule has 1 amide bonds. The Balaban J connectivity index is 2.23. The van der Waals surface area contributed by atoms with Crippen LogP contribution >= 0.6 is 22.9 Å². The van der Waals surface area contributed by atoms with Crippen LogP contribution in [0, 0.1) is 0 Å². The number of hydrogen-bond acceptors (Lipinski definition) is 6. The summed E-state index contributed by atoms with van der Waals surface area (Å²) < 4.78 is 5.09. The third-order valence-electron chi connectivity index (χ3n) is 2.07. The Labute approximate surface area is 112 Å². The van der Waals surface area contributed by atoms with Gasteiger partial charge in [0.15, 0.2) is 0 Å². The van der Waals surface area contributed by atoms with E-state index in [-0.39, 0.29) is 11.0 Å². The third kappa shape index (κ3) is 2.69. The van der Waals surface area contributed by atoms with Crippen molar-refractivity contribution in [3.05, 3.63) is 28.8 Å². The van der Waals surface area contributed by atoms with Crippen LogP contribution in [0.2, 0.25) is 5.02 Å². The molecule has 0 aliphatic rings. The van der Waals surface area contributed by atoms with Gasteiger partial charge in [-0.3, -0.25) is 10.1 Å². The number of halogens is 1. The first-order valence-electron chi connectivity index (χ1n) is 4.84. The van der Waals surface area contributed by atoms with Crippen molar-refractivity contribution in [3.8, 4) is 5.75 Å². The highest BCUT2D eigenvalue weighted by atomic mass is 35.5. The van der Waals surface area contributed by atoms with Crippen molar-refractivity contribution in [2.75, 3.05) is 18.2 Å². The minimum atomic E-state index is -0.361. The van der Waals surface area contributed by atoms with Gasteiger partial charge in [-0.25, -0.2) is 0 Å². The molecule has 0 atom stereocenters. The topological polar surface area (TPSA) is 90.1 Å². The van der Waals surface area contributed by atoms with Gasteiger partial charge in [-0.1, -0.05) is 22.9 Å². The summed E-state index contributed by atoms with van der Waals surface area (Å²) in [5.41, 5.74) is 5.78. The molecule has 8 heteroatoms. The van der Waals surface area contributed by atoms with Gasteiger partial charge in [0.05, 0.1) is 12.7 Å². The van der Waals surface area contributed by atoms with Crippen molar-refractivity contribution in [3.63, 3.8) is 0 Å². The number of methoxy groups -OCH3 is 1. The number of hydrogen-bond donors (Lipinski definition) is 2. The molecule has 0 bridgehead atoms. The van der Waals surface area contributed by atoms with Crippen LogP contribution in [0.1, 0.15) is 10.4 Å². The van der Waals surface area contributed by atoms with Crippen molar-refractivity contribution < 1.29 is 9.53 Å². The molecule has 0 spiro atoms. The first-order valence-corrected chi connectivity index (χ1v) is 6.03. The fourth-order valence-electron chi connectivity index (χ4n) is 1.30. The summed E-state index contributed by atoms with van der Waals surface area (Å²) in [6, 6.07) is 4.74. The number of amides is 1. The first-order chi connectivity index (χ1) is 8.60. The fraction of sp³-hybridized carbons (Fsp3) is 0.100. The molecule has 2 rings (SSSR count). The zero-order chi connectivity index (χ0) is 13.1. The minimum absolute atomic E-state index is 0.286. The number of carbonyl (C=O) groups excluding carboxylic acids is 1. The molecule has 1 heterocycles. The van der Waals surface area contributed by atoms with E-state index in [0.29, 0.717) is 21.5 Å². The molecule has 0 aliphatic heterocycles. The Hall–Kier alpha value is -1.86. The van der Waals surface area contributed by atoms with Gasteiger partial charge >= 0.3 is 0 Å². The van der Waals surface area contributed by atoms with Gasteiger partial charge in [0.2, 0.25) is 10.3 Å². The zero-order valence-corrected chi connectivity index (χ0v) is 10.9. The number of carbonyl (C=O) groups is 1. The average Bonchev–Trinajstić information content (AvgIpc) is 2.74. The van der Waals surface area contributed by atoms with Crippen molar-refractivity contribution in [1.29, 1.82) is 0 Å². The van der Waals surface area contributed by atoms with Crippen LogP contribution in [0.25, 0.3) is 0 Å².